The van der Waals surface area contributed by atoms with E-state index in [1.54, 1.807) is 18.2 Å². The number of rotatable bonds is 9. The summed E-state index contributed by atoms with van der Waals surface area (Å²) in [5, 5.41) is 5.52. The first-order chi connectivity index (χ1) is 13.0. The lowest BCUT2D eigenvalue weighted by molar-refractivity contribution is -0.120. The van der Waals surface area contributed by atoms with Gasteiger partial charge >= 0.3 is 0 Å². The molecule has 6 heteroatoms. The molecule has 0 saturated heterocycles. The van der Waals surface area contributed by atoms with Gasteiger partial charge in [-0.25, -0.2) is 0 Å². The standard InChI is InChI=1S/C21H26N2O4/c1-15(9-10-16-7-5-4-6-8-16)23-20(24)14-22-21(25)17-11-12-18(26-2)19(13-17)27-3/h4-8,11-13,15H,9-10,14H2,1-3H3,(H,22,25)(H,23,24)/t15-/m0/s1. The van der Waals surface area contributed by atoms with Crippen LogP contribution in [0.1, 0.15) is 29.3 Å². The third kappa shape index (κ3) is 6.33. The van der Waals surface area contributed by atoms with Crippen LogP contribution in [0, 0.1) is 0 Å². The lowest BCUT2D eigenvalue weighted by Crippen LogP contribution is -2.41. The molecule has 0 aliphatic rings. The Bertz CT molecular complexity index is 762. The molecule has 0 heterocycles. The zero-order valence-corrected chi connectivity index (χ0v) is 16.0. The fourth-order valence-corrected chi connectivity index (χ4v) is 2.67. The van der Waals surface area contributed by atoms with Crippen LogP contribution in [0.2, 0.25) is 0 Å². The predicted molar refractivity (Wildman–Crippen MR) is 104 cm³/mol. The number of nitrogens with one attached hydrogen (secondary N) is 2. The van der Waals surface area contributed by atoms with E-state index in [0.717, 1.165) is 12.8 Å². The van der Waals surface area contributed by atoms with Gasteiger partial charge in [-0.2, -0.15) is 0 Å². The molecule has 1 atom stereocenters. The van der Waals surface area contributed by atoms with E-state index in [-0.39, 0.29) is 24.4 Å². The van der Waals surface area contributed by atoms with Gasteiger partial charge in [0.05, 0.1) is 20.8 Å². The third-order valence-electron chi connectivity index (χ3n) is 4.17. The molecule has 0 saturated carbocycles. The maximum Gasteiger partial charge on any atom is 0.251 e. The Labute approximate surface area is 159 Å². The molecule has 0 fully saturated rings. The van der Waals surface area contributed by atoms with E-state index in [1.807, 2.05) is 25.1 Å². The second-order valence-corrected chi connectivity index (χ2v) is 6.25. The molecule has 2 amide bonds. The summed E-state index contributed by atoms with van der Waals surface area (Å²) in [6.07, 6.45) is 1.72. The average Bonchev–Trinajstić information content (AvgIpc) is 2.70. The highest BCUT2D eigenvalue weighted by Gasteiger charge is 2.13. The predicted octanol–water partition coefficient (Wildman–Crippen LogP) is 2.57. The van der Waals surface area contributed by atoms with Crippen LogP contribution in [-0.4, -0.2) is 38.6 Å². The minimum absolute atomic E-state index is 0.0238. The Morgan fingerprint density at radius 1 is 1.00 bits per heavy atom. The molecule has 0 spiro atoms. The summed E-state index contributed by atoms with van der Waals surface area (Å²) in [5.41, 5.74) is 1.64. The fraction of sp³-hybridized carbons (Fsp3) is 0.333. The lowest BCUT2D eigenvalue weighted by atomic mass is 10.1. The summed E-state index contributed by atoms with van der Waals surface area (Å²) in [4.78, 5) is 24.3. The number of methoxy groups -OCH3 is 2. The van der Waals surface area contributed by atoms with Crippen molar-refractivity contribution in [3.8, 4) is 11.5 Å². The first kappa shape index (κ1) is 20.3. The number of carbonyl (C=O) groups is 2. The second kappa shape index (κ2) is 10.2. The normalized spacial score (nSPS) is 11.4. The average molecular weight is 370 g/mol. The largest absolute Gasteiger partial charge is 0.493 e. The van der Waals surface area contributed by atoms with Crippen molar-refractivity contribution in [1.82, 2.24) is 10.6 Å². The van der Waals surface area contributed by atoms with Crippen LogP contribution in [0.3, 0.4) is 0 Å². The van der Waals surface area contributed by atoms with E-state index < -0.39 is 0 Å². The van der Waals surface area contributed by atoms with Gasteiger partial charge < -0.3 is 20.1 Å². The Morgan fingerprint density at radius 2 is 1.70 bits per heavy atom. The van der Waals surface area contributed by atoms with E-state index in [9.17, 15) is 9.59 Å². The van der Waals surface area contributed by atoms with Crippen LogP contribution < -0.4 is 20.1 Å². The molecule has 0 aromatic heterocycles. The molecule has 2 rings (SSSR count). The highest BCUT2D eigenvalue weighted by atomic mass is 16.5. The number of aryl methyl sites for hydroxylation is 1. The van der Waals surface area contributed by atoms with Crippen molar-refractivity contribution in [2.75, 3.05) is 20.8 Å². The van der Waals surface area contributed by atoms with Gasteiger partial charge in [0.1, 0.15) is 0 Å². The Morgan fingerprint density at radius 3 is 2.37 bits per heavy atom. The van der Waals surface area contributed by atoms with E-state index in [0.29, 0.717) is 17.1 Å². The molecule has 2 N–H and O–H groups in total. The van der Waals surface area contributed by atoms with E-state index >= 15 is 0 Å². The maximum absolute atomic E-state index is 12.2. The van der Waals surface area contributed by atoms with Crippen LogP contribution >= 0.6 is 0 Å². The van der Waals surface area contributed by atoms with Crippen LogP contribution in [0.25, 0.3) is 0 Å². The maximum atomic E-state index is 12.2. The van der Waals surface area contributed by atoms with E-state index in [4.69, 9.17) is 9.47 Å². The summed E-state index contributed by atoms with van der Waals surface area (Å²) >= 11 is 0. The van der Waals surface area contributed by atoms with Crippen molar-refractivity contribution in [1.29, 1.82) is 0 Å². The smallest absolute Gasteiger partial charge is 0.251 e. The van der Waals surface area contributed by atoms with Crippen molar-refractivity contribution in [3.05, 3.63) is 59.7 Å². The molecule has 27 heavy (non-hydrogen) atoms. The molecule has 0 aliphatic carbocycles. The van der Waals surface area contributed by atoms with Crippen molar-refractivity contribution in [2.24, 2.45) is 0 Å². The molecule has 6 nitrogen and oxygen atoms in total. The van der Waals surface area contributed by atoms with Crippen molar-refractivity contribution >= 4 is 11.8 Å². The third-order valence-corrected chi connectivity index (χ3v) is 4.17. The number of ether oxygens (including phenoxy) is 2. The van der Waals surface area contributed by atoms with Crippen LogP contribution in [-0.2, 0) is 11.2 Å². The summed E-state index contributed by atoms with van der Waals surface area (Å²) in [7, 11) is 3.03. The molecule has 2 aromatic rings. The van der Waals surface area contributed by atoms with Gasteiger partial charge in [0.25, 0.3) is 5.91 Å². The second-order valence-electron chi connectivity index (χ2n) is 6.25. The van der Waals surface area contributed by atoms with E-state index in [2.05, 4.69) is 22.8 Å². The summed E-state index contributed by atoms with van der Waals surface area (Å²) in [6, 6.07) is 15.0. The first-order valence-electron chi connectivity index (χ1n) is 8.87. The molecule has 0 unspecified atom stereocenters. The van der Waals surface area contributed by atoms with Crippen molar-refractivity contribution in [2.45, 2.75) is 25.8 Å². The van der Waals surface area contributed by atoms with Crippen molar-refractivity contribution < 1.29 is 19.1 Å². The Kier molecular flexibility index (Phi) is 7.67. The highest BCUT2D eigenvalue weighted by Crippen LogP contribution is 2.27. The molecular weight excluding hydrogens is 344 g/mol. The molecule has 144 valence electrons. The SMILES string of the molecule is COc1ccc(C(=O)NCC(=O)N[C@@H](C)CCc2ccccc2)cc1OC. The minimum Gasteiger partial charge on any atom is -0.493 e. The number of hydrogen-bond donors (Lipinski definition) is 2. The number of benzene rings is 2. The molecule has 2 aromatic carbocycles. The van der Waals surface area contributed by atoms with Gasteiger partial charge in [-0.05, 0) is 43.5 Å². The molecule has 0 aliphatic heterocycles. The number of carbonyl (C=O) groups excluding carboxylic acids is 2. The number of hydrogen-bond acceptors (Lipinski definition) is 4. The van der Waals surface area contributed by atoms with Gasteiger partial charge in [-0.1, -0.05) is 30.3 Å². The van der Waals surface area contributed by atoms with Gasteiger partial charge in [0, 0.05) is 11.6 Å². The zero-order chi connectivity index (χ0) is 19.6. The summed E-state index contributed by atoms with van der Waals surface area (Å²) < 4.78 is 10.3. The van der Waals surface area contributed by atoms with Crippen LogP contribution in [0.5, 0.6) is 11.5 Å². The van der Waals surface area contributed by atoms with Crippen molar-refractivity contribution in [3.63, 3.8) is 0 Å². The summed E-state index contributed by atoms with van der Waals surface area (Å²) in [5.74, 6) is 0.440. The van der Waals surface area contributed by atoms with Gasteiger partial charge in [0.15, 0.2) is 11.5 Å². The van der Waals surface area contributed by atoms with Crippen LogP contribution in [0.4, 0.5) is 0 Å². The molecule has 0 radical (unpaired) electrons. The number of amides is 2. The first-order valence-corrected chi connectivity index (χ1v) is 8.87. The quantitative estimate of drug-likeness (QED) is 0.711. The highest BCUT2D eigenvalue weighted by molar-refractivity contribution is 5.97. The van der Waals surface area contributed by atoms with E-state index in [1.165, 1.54) is 19.8 Å². The minimum atomic E-state index is -0.344. The molecule has 0 bridgehead atoms. The lowest BCUT2D eigenvalue weighted by Gasteiger charge is -2.14. The molecular formula is C21H26N2O4. The van der Waals surface area contributed by atoms with Crippen LogP contribution in [0.15, 0.2) is 48.5 Å². The van der Waals surface area contributed by atoms with Gasteiger partial charge in [-0.15, -0.1) is 0 Å². The van der Waals surface area contributed by atoms with Gasteiger partial charge in [-0.3, -0.25) is 9.59 Å². The van der Waals surface area contributed by atoms with Gasteiger partial charge in [0.2, 0.25) is 5.91 Å². The monoisotopic (exact) mass is 370 g/mol. The summed E-state index contributed by atoms with van der Waals surface area (Å²) in [6.45, 7) is 1.87. The fourth-order valence-electron chi connectivity index (χ4n) is 2.67. The Hall–Kier alpha value is -3.02. The Balaban J connectivity index is 1.78. The topological polar surface area (TPSA) is 76.7 Å². The zero-order valence-electron chi connectivity index (χ0n) is 16.0.